The molecule has 0 spiro atoms. The van der Waals surface area contributed by atoms with Crippen LogP contribution in [0.2, 0.25) is 0 Å². The van der Waals surface area contributed by atoms with Gasteiger partial charge in [-0.2, -0.15) is 0 Å². The minimum Gasteiger partial charge on any atom is -0.497 e. The number of thiazole rings is 1. The van der Waals surface area contributed by atoms with Crippen molar-refractivity contribution in [3.05, 3.63) is 126 Å². The Labute approximate surface area is 210 Å². The highest BCUT2D eigenvalue weighted by molar-refractivity contribution is 7.07. The zero-order chi connectivity index (χ0) is 24.8. The summed E-state index contributed by atoms with van der Waals surface area (Å²) in [6.45, 7) is 0. The van der Waals surface area contributed by atoms with Crippen molar-refractivity contribution >= 4 is 29.1 Å². The van der Waals surface area contributed by atoms with Gasteiger partial charge in [-0.15, -0.1) is 0 Å². The smallest absolute Gasteiger partial charge is 0.335 e. The van der Waals surface area contributed by atoms with E-state index in [1.54, 1.807) is 42.0 Å². The number of aromatic carboxylic acids is 1. The van der Waals surface area contributed by atoms with Gasteiger partial charge in [-0.1, -0.05) is 59.9 Å². The number of aryl methyl sites for hydroxylation is 1. The molecule has 0 saturated carbocycles. The molecule has 1 unspecified atom stereocenters. The van der Waals surface area contributed by atoms with Crippen molar-refractivity contribution in [2.45, 2.75) is 18.9 Å². The highest BCUT2D eigenvalue weighted by Gasteiger charge is 2.32. The number of ether oxygens (including phenoxy) is 1. The van der Waals surface area contributed by atoms with Crippen LogP contribution in [0.4, 0.5) is 0 Å². The van der Waals surface area contributed by atoms with E-state index in [-0.39, 0.29) is 17.2 Å². The van der Waals surface area contributed by atoms with Crippen molar-refractivity contribution in [1.29, 1.82) is 0 Å². The standard InChI is InChI=1S/C29H22N2O4S/c1-35-21-13-10-19(11-14-21)26-23-15-12-18-4-2-3-5-22(18)25(23)30-29-31(26)27(32)24(36-29)16-17-6-8-20(9-7-17)28(33)34/h2-11,13-14,16,26H,12,15H2,1H3,(H,33,34)/b24-16+. The minimum absolute atomic E-state index is 0.104. The van der Waals surface area contributed by atoms with E-state index >= 15 is 0 Å². The third-order valence-corrected chi connectivity index (χ3v) is 7.74. The summed E-state index contributed by atoms with van der Waals surface area (Å²) < 4.78 is 7.72. The Morgan fingerprint density at radius 1 is 1.06 bits per heavy atom. The Balaban J connectivity index is 1.56. The molecule has 1 aromatic heterocycles. The molecule has 4 aromatic rings. The summed E-state index contributed by atoms with van der Waals surface area (Å²) in [6.07, 6.45) is 3.53. The van der Waals surface area contributed by atoms with Gasteiger partial charge in [0.2, 0.25) is 0 Å². The molecule has 36 heavy (non-hydrogen) atoms. The van der Waals surface area contributed by atoms with Crippen molar-refractivity contribution in [1.82, 2.24) is 4.57 Å². The average molecular weight is 495 g/mol. The number of rotatable bonds is 4. The summed E-state index contributed by atoms with van der Waals surface area (Å²) >= 11 is 1.36. The Kier molecular flexibility index (Phi) is 5.42. The summed E-state index contributed by atoms with van der Waals surface area (Å²) in [5, 5.41) is 9.18. The van der Waals surface area contributed by atoms with E-state index in [0.717, 1.165) is 46.6 Å². The largest absolute Gasteiger partial charge is 0.497 e. The summed E-state index contributed by atoms with van der Waals surface area (Å²) in [4.78, 5) is 30.6. The van der Waals surface area contributed by atoms with Crippen molar-refractivity contribution in [2.24, 2.45) is 4.99 Å². The zero-order valence-corrected chi connectivity index (χ0v) is 20.3. The fraction of sp³-hybridized carbons (Fsp3) is 0.138. The molecule has 178 valence electrons. The lowest BCUT2D eigenvalue weighted by molar-refractivity contribution is 0.0697. The van der Waals surface area contributed by atoms with Crippen LogP contribution < -0.4 is 19.6 Å². The second-order valence-electron chi connectivity index (χ2n) is 8.81. The lowest BCUT2D eigenvalue weighted by Crippen LogP contribution is -2.38. The molecule has 0 amide bonds. The van der Waals surface area contributed by atoms with Crippen LogP contribution in [-0.4, -0.2) is 22.8 Å². The topological polar surface area (TPSA) is 80.9 Å². The Morgan fingerprint density at radius 2 is 1.81 bits per heavy atom. The molecule has 6 nitrogen and oxygen atoms in total. The normalized spacial score (nSPS) is 16.6. The molecule has 1 aliphatic heterocycles. The van der Waals surface area contributed by atoms with Gasteiger partial charge in [-0.25, -0.2) is 9.79 Å². The van der Waals surface area contributed by atoms with E-state index in [9.17, 15) is 14.7 Å². The number of carbonyl (C=O) groups is 1. The molecular weight excluding hydrogens is 472 g/mol. The summed E-state index contributed by atoms with van der Waals surface area (Å²) in [7, 11) is 1.64. The van der Waals surface area contributed by atoms with Crippen molar-refractivity contribution in [3.63, 3.8) is 0 Å². The fourth-order valence-electron chi connectivity index (χ4n) is 4.98. The van der Waals surface area contributed by atoms with Crippen molar-refractivity contribution in [2.75, 3.05) is 7.11 Å². The first-order valence-corrected chi connectivity index (χ1v) is 12.5. The number of allylic oxidation sites excluding steroid dienone is 1. The van der Waals surface area contributed by atoms with Crippen LogP contribution in [0.3, 0.4) is 0 Å². The Bertz CT molecular complexity index is 1710. The molecule has 0 bridgehead atoms. The third kappa shape index (κ3) is 3.69. The van der Waals surface area contributed by atoms with E-state index in [1.165, 1.54) is 16.9 Å². The molecular formula is C29H22N2O4S. The van der Waals surface area contributed by atoms with Crippen LogP contribution in [-0.2, 0) is 6.42 Å². The number of fused-ring (bicyclic) bond motifs is 3. The van der Waals surface area contributed by atoms with E-state index in [1.807, 2.05) is 30.3 Å². The maximum atomic E-state index is 13.8. The van der Waals surface area contributed by atoms with Gasteiger partial charge in [0.15, 0.2) is 4.80 Å². The SMILES string of the molecule is COc1ccc(C2C3=C(N=c4s/c(=C/c5ccc(C(=O)O)cc5)c(=O)n42)c2ccccc2CC3)cc1. The molecule has 3 aromatic carbocycles. The third-order valence-electron chi connectivity index (χ3n) is 6.76. The second-order valence-corrected chi connectivity index (χ2v) is 9.82. The van der Waals surface area contributed by atoms with Gasteiger partial charge in [-0.05, 0) is 65.4 Å². The first-order chi connectivity index (χ1) is 17.5. The molecule has 2 heterocycles. The van der Waals surface area contributed by atoms with Gasteiger partial charge in [0.25, 0.3) is 5.56 Å². The minimum atomic E-state index is -0.980. The first kappa shape index (κ1) is 22.2. The van der Waals surface area contributed by atoms with Crippen LogP contribution in [0.5, 0.6) is 5.75 Å². The maximum absolute atomic E-state index is 13.8. The number of benzene rings is 3. The highest BCUT2D eigenvalue weighted by atomic mass is 32.1. The fourth-order valence-corrected chi connectivity index (χ4v) is 5.98. The van der Waals surface area contributed by atoms with Crippen LogP contribution in [0.1, 0.15) is 45.1 Å². The second kappa shape index (κ2) is 8.77. The van der Waals surface area contributed by atoms with Gasteiger partial charge >= 0.3 is 5.97 Å². The number of aromatic nitrogens is 1. The zero-order valence-electron chi connectivity index (χ0n) is 19.5. The number of hydrogen-bond donors (Lipinski definition) is 1. The number of methoxy groups -OCH3 is 1. The maximum Gasteiger partial charge on any atom is 0.335 e. The number of hydrogen-bond acceptors (Lipinski definition) is 5. The lowest BCUT2D eigenvalue weighted by atomic mass is 9.83. The Hall–Kier alpha value is -4.23. The van der Waals surface area contributed by atoms with Crippen LogP contribution in [0.25, 0.3) is 11.8 Å². The number of carboxylic acids is 1. The first-order valence-electron chi connectivity index (χ1n) is 11.6. The van der Waals surface area contributed by atoms with Gasteiger partial charge in [0.1, 0.15) is 5.75 Å². The summed E-state index contributed by atoms with van der Waals surface area (Å²) in [5.74, 6) is -0.217. The van der Waals surface area contributed by atoms with E-state index in [0.29, 0.717) is 9.33 Å². The molecule has 1 atom stereocenters. The molecule has 2 aliphatic rings. The van der Waals surface area contributed by atoms with E-state index < -0.39 is 5.97 Å². The number of carboxylic acid groups (broad SMARTS) is 1. The Morgan fingerprint density at radius 3 is 2.53 bits per heavy atom. The van der Waals surface area contributed by atoms with Crippen LogP contribution in [0, 0.1) is 0 Å². The summed E-state index contributed by atoms with van der Waals surface area (Å²) in [5.41, 5.74) is 6.37. The van der Waals surface area contributed by atoms with Crippen LogP contribution in [0.15, 0.2) is 88.2 Å². The molecule has 6 rings (SSSR count). The predicted molar refractivity (Wildman–Crippen MR) is 139 cm³/mol. The van der Waals surface area contributed by atoms with Gasteiger partial charge in [-0.3, -0.25) is 9.36 Å². The van der Waals surface area contributed by atoms with Gasteiger partial charge in [0, 0.05) is 5.56 Å². The van der Waals surface area contributed by atoms with Crippen molar-refractivity contribution < 1.29 is 14.6 Å². The quantitative estimate of drug-likeness (QED) is 0.465. The molecule has 0 saturated heterocycles. The molecule has 0 fully saturated rings. The summed E-state index contributed by atoms with van der Waals surface area (Å²) in [6, 6.07) is 22.5. The van der Waals surface area contributed by atoms with Crippen molar-refractivity contribution in [3.8, 4) is 5.75 Å². The molecule has 7 heteroatoms. The van der Waals surface area contributed by atoms with E-state index in [4.69, 9.17) is 9.73 Å². The van der Waals surface area contributed by atoms with Gasteiger partial charge in [0.05, 0.1) is 28.9 Å². The molecule has 0 radical (unpaired) electrons. The molecule has 1 N–H and O–H groups in total. The van der Waals surface area contributed by atoms with Crippen LogP contribution >= 0.6 is 11.3 Å². The predicted octanol–water partition coefficient (Wildman–Crippen LogP) is 4.03. The lowest BCUT2D eigenvalue weighted by Gasteiger charge is -2.30. The monoisotopic (exact) mass is 494 g/mol. The highest BCUT2D eigenvalue weighted by Crippen LogP contribution is 2.41. The number of nitrogens with zero attached hydrogens (tertiary/aromatic N) is 2. The molecule has 1 aliphatic carbocycles. The average Bonchev–Trinajstić information content (AvgIpc) is 3.22. The van der Waals surface area contributed by atoms with E-state index in [2.05, 4.69) is 18.2 Å². The van der Waals surface area contributed by atoms with Gasteiger partial charge < -0.3 is 9.84 Å².